The van der Waals surface area contributed by atoms with Crippen LogP contribution in [-0.4, -0.2) is 20.7 Å². The van der Waals surface area contributed by atoms with E-state index in [0.29, 0.717) is 0 Å². The van der Waals surface area contributed by atoms with Crippen molar-refractivity contribution in [2.75, 3.05) is 12.4 Å². The average Bonchev–Trinajstić information content (AvgIpc) is 2.44. The maximum absolute atomic E-state index is 5.87. The molecule has 1 nitrogen and oxygen atoms in total. The molecule has 0 N–H and O–H groups in total. The summed E-state index contributed by atoms with van der Waals surface area (Å²) in [4.78, 5) is 0. The van der Waals surface area contributed by atoms with Crippen molar-refractivity contribution in [2.24, 2.45) is 0 Å². The zero-order valence-electron chi connectivity index (χ0n) is 15.0. The number of unbranched alkanes of at least 4 members (excludes halogenated alkanes) is 11. The predicted octanol–water partition coefficient (Wildman–Crippen LogP) is 6.84. The third-order valence-electron chi connectivity index (χ3n) is 4.22. The van der Waals surface area contributed by atoms with Gasteiger partial charge in [-0.25, -0.2) is 0 Å². The van der Waals surface area contributed by atoms with Crippen molar-refractivity contribution in [3.05, 3.63) is 0 Å². The summed E-state index contributed by atoms with van der Waals surface area (Å²) < 4.78 is 5.87. The summed E-state index contributed by atoms with van der Waals surface area (Å²) in [7, 11) is -1.31. The summed E-state index contributed by atoms with van der Waals surface area (Å²) in [5.74, 6) is 1.06. The van der Waals surface area contributed by atoms with Crippen LogP contribution < -0.4 is 0 Å². The normalized spacial score (nSPS) is 12.0. The van der Waals surface area contributed by atoms with Crippen molar-refractivity contribution < 1.29 is 4.43 Å². The minimum Gasteiger partial charge on any atom is -0.418 e. The largest absolute Gasteiger partial charge is 0.418 e. The highest BCUT2D eigenvalue weighted by atomic mass is 32.1. The van der Waals surface area contributed by atoms with Gasteiger partial charge in [0.1, 0.15) is 0 Å². The lowest BCUT2D eigenvalue weighted by molar-refractivity contribution is 0.327. The summed E-state index contributed by atoms with van der Waals surface area (Å²) in [6.45, 7) is 7.72. The molecular formula is C18H40OSSi. The molecule has 0 atom stereocenters. The second-order valence-electron chi connectivity index (χ2n) is 6.91. The van der Waals surface area contributed by atoms with Gasteiger partial charge in [-0.3, -0.25) is 0 Å². The maximum atomic E-state index is 5.87. The molecule has 0 aliphatic carbocycles. The molecule has 0 spiro atoms. The van der Waals surface area contributed by atoms with Crippen molar-refractivity contribution in [3.8, 4) is 0 Å². The van der Waals surface area contributed by atoms with E-state index in [4.69, 9.17) is 4.43 Å². The van der Waals surface area contributed by atoms with Crippen molar-refractivity contribution >= 4 is 20.9 Å². The van der Waals surface area contributed by atoms with E-state index in [-0.39, 0.29) is 0 Å². The van der Waals surface area contributed by atoms with E-state index in [1.54, 1.807) is 0 Å². The molecule has 128 valence electrons. The summed E-state index contributed by atoms with van der Waals surface area (Å²) >= 11 is 4.25. The molecule has 0 aromatic heterocycles. The lowest BCUT2D eigenvalue weighted by atomic mass is 10.1. The number of hydrogen-bond donors (Lipinski definition) is 1. The number of thiol groups is 1. The van der Waals surface area contributed by atoms with Gasteiger partial charge >= 0.3 is 0 Å². The second-order valence-corrected chi connectivity index (χ2v) is 11.7. The Labute approximate surface area is 141 Å². The Kier molecular flexibility index (Phi) is 15.8. The summed E-state index contributed by atoms with van der Waals surface area (Å²) in [6.07, 6.45) is 17.0. The highest BCUT2D eigenvalue weighted by Gasteiger charge is 2.20. The molecular weight excluding hydrogens is 292 g/mol. The molecule has 3 heteroatoms. The van der Waals surface area contributed by atoms with Crippen LogP contribution in [0.2, 0.25) is 19.1 Å². The van der Waals surface area contributed by atoms with Crippen LogP contribution in [0.3, 0.4) is 0 Å². The fourth-order valence-electron chi connectivity index (χ4n) is 2.89. The van der Waals surface area contributed by atoms with Crippen molar-refractivity contribution in [1.29, 1.82) is 0 Å². The van der Waals surface area contributed by atoms with E-state index in [1.807, 2.05) is 0 Å². The van der Waals surface area contributed by atoms with Crippen molar-refractivity contribution in [1.82, 2.24) is 0 Å². The molecule has 0 saturated heterocycles. The monoisotopic (exact) mass is 332 g/mol. The van der Waals surface area contributed by atoms with Crippen LogP contribution in [0, 0.1) is 0 Å². The predicted molar refractivity (Wildman–Crippen MR) is 103 cm³/mol. The highest BCUT2D eigenvalue weighted by molar-refractivity contribution is 7.80. The molecule has 0 radical (unpaired) electrons. The molecule has 0 aromatic rings. The molecule has 0 aromatic carbocycles. The Balaban J connectivity index is 3.12. The van der Waals surface area contributed by atoms with Crippen LogP contribution in [0.25, 0.3) is 0 Å². The van der Waals surface area contributed by atoms with Crippen LogP contribution >= 0.6 is 12.6 Å². The molecule has 0 bridgehead atoms. The maximum Gasteiger partial charge on any atom is 0.186 e. The molecule has 0 heterocycles. The van der Waals surface area contributed by atoms with Crippen molar-refractivity contribution in [3.63, 3.8) is 0 Å². The quantitative estimate of drug-likeness (QED) is 0.185. The highest BCUT2D eigenvalue weighted by Crippen LogP contribution is 2.17. The van der Waals surface area contributed by atoms with E-state index >= 15 is 0 Å². The van der Waals surface area contributed by atoms with Crippen molar-refractivity contribution in [2.45, 2.75) is 103 Å². The molecule has 21 heavy (non-hydrogen) atoms. The first-order valence-corrected chi connectivity index (χ1v) is 13.1. The van der Waals surface area contributed by atoms with E-state index in [9.17, 15) is 0 Å². The smallest absolute Gasteiger partial charge is 0.186 e. The Morgan fingerprint density at radius 1 is 0.667 bits per heavy atom. The zero-order valence-corrected chi connectivity index (χ0v) is 16.9. The van der Waals surface area contributed by atoms with Gasteiger partial charge in [-0.05, 0) is 38.2 Å². The van der Waals surface area contributed by atoms with Gasteiger partial charge in [-0.15, -0.1) is 0 Å². The topological polar surface area (TPSA) is 9.23 Å². The van der Waals surface area contributed by atoms with E-state index in [2.05, 4.69) is 32.6 Å². The lowest BCUT2D eigenvalue weighted by Crippen LogP contribution is -2.29. The van der Waals surface area contributed by atoms with Gasteiger partial charge in [-0.1, -0.05) is 70.6 Å². The van der Waals surface area contributed by atoms with Crippen LogP contribution in [0.1, 0.15) is 84.0 Å². The Hall–Kier alpha value is 0.527. The Morgan fingerprint density at radius 3 is 1.43 bits per heavy atom. The van der Waals surface area contributed by atoms with Gasteiger partial charge in [-0.2, -0.15) is 12.6 Å². The van der Waals surface area contributed by atoms with E-state index in [1.165, 1.54) is 83.1 Å². The van der Waals surface area contributed by atoms with E-state index in [0.717, 1.165) is 12.4 Å². The number of hydrogen-bond acceptors (Lipinski definition) is 2. The first kappa shape index (κ1) is 21.5. The standard InChI is InChI=1S/C18H40OSSi/c1-4-19-21(2,3)18-16-14-12-10-8-6-5-7-9-11-13-15-17-20/h20H,4-18H2,1-3H3. The average molecular weight is 333 g/mol. The third-order valence-corrected chi connectivity index (χ3v) is 7.17. The molecule has 0 aliphatic rings. The SMILES string of the molecule is CCO[Si](C)(C)CCCCCCCCCCCCCCS. The van der Waals surface area contributed by atoms with Gasteiger partial charge in [0.05, 0.1) is 0 Å². The molecule has 0 aliphatic heterocycles. The van der Waals surface area contributed by atoms with Crippen LogP contribution in [0.15, 0.2) is 0 Å². The van der Waals surface area contributed by atoms with Gasteiger partial charge in [0.15, 0.2) is 8.32 Å². The molecule has 0 fully saturated rings. The van der Waals surface area contributed by atoms with Gasteiger partial charge in [0, 0.05) is 6.61 Å². The summed E-state index contributed by atoms with van der Waals surface area (Å²) in [5, 5.41) is 0. The van der Waals surface area contributed by atoms with Gasteiger partial charge in [0.25, 0.3) is 0 Å². The van der Waals surface area contributed by atoms with Gasteiger partial charge < -0.3 is 4.43 Å². The zero-order chi connectivity index (χ0) is 15.8. The van der Waals surface area contributed by atoms with E-state index < -0.39 is 8.32 Å². The molecule has 0 amide bonds. The minimum atomic E-state index is -1.31. The van der Waals surface area contributed by atoms with Crippen LogP contribution in [-0.2, 0) is 4.43 Å². The van der Waals surface area contributed by atoms with Gasteiger partial charge in [0.2, 0.25) is 0 Å². The second kappa shape index (κ2) is 15.4. The summed E-state index contributed by atoms with van der Waals surface area (Å²) in [6, 6.07) is 1.34. The first-order valence-electron chi connectivity index (χ1n) is 9.37. The Morgan fingerprint density at radius 2 is 1.05 bits per heavy atom. The third kappa shape index (κ3) is 16.7. The number of rotatable bonds is 16. The molecule has 0 unspecified atom stereocenters. The molecule has 0 saturated carbocycles. The molecule has 0 rings (SSSR count). The fourth-order valence-corrected chi connectivity index (χ4v) is 5.14. The first-order chi connectivity index (χ1) is 10.1. The van der Waals surface area contributed by atoms with Crippen LogP contribution in [0.4, 0.5) is 0 Å². The lowest BCUT2D eigenvalue weighted by Gasteiger charge is -2.21. The van der Waals surface area contributed by atoms with Crippen LogP contribution in [0.5, 0.6) is 0 Å². The summed E-state index contributed by atoms with van der Waals surface area (Å²) in [5.41, 5.74) is 0. The Bertz CT molecular complexity index is 209. The minimum absolute atomic E-state index is 0.897. The fraction of sp³-hybridized carbons (Fsp3) is 1.00.